The summed E-state index contributed by atoms with van der Waals surface area (Å²) in [6, 6.07) is 22.0. The van der Waals surface area contributed by atoms with E-state index in [4.69, 9.17) is 9.88 Å². The molecule has 0 radical (unpaired) electrons. The second kappa shape index (κ2) is 8.24. The highest BCUT2D eigenvalue weighted by molar-refractivity contribution is 7.89. The fraction of sp³-hybridized carbons (Fsp3) is 0.0952. The third-order valence-electron chi connectivity index (χ3n) is 4.13. The van der Waals surface area contributed by atoms with E-state index < -0.39 is 10.0 Å². The van der Waals surface area contributed by atoms with Gasteiger partial charge >= 0.3 is 0 Å². The van der Waals surface area contributed by atoms with Gasteiger partial charge in [-0.25, -0.2) is 13.6 Å². The molecule has 0 aliphatic carbocycles. The van der Waals surface area contributed by atoms with E-state index in [9.17, 15) is 13.2 Å². The fourth-order valence-corrected chi connectivity index (χ4v) is 3.15. The van der Waals surface area contributed by atoms with Crippen molar-refractivity contribution in [2.45, 2.75) is 17.9 Å². The molecule has 3 rings (SSSR count). The Kier molecular flexibility index (Phi) is 5.77. The molecule has 0 bridgehead atoms. The second-order valence-electron chi connectivity index (χ2n) is 6.25. The van der Waals surface area contributed by atoms with Crippen molar-refractivity contribution in [3.63, 3.8) is 0 Å². The van der Waals surface area contributed by atoms with Crippen molar-refractivity contribution in [3.05, 3.63) is 90.0 Å². The fourth-order valence-electron chi connectivity index (χ4n) is 2.63. The molecule has 3 N–H and O–H groups in total. The van der Waals surface area contributed by atoms with Gasteiger partial charge in [0.15, 0.2) is 0 Å². The molecule has 0 saturated carbocycles. The van der Waals surface area contributed by atoms with Crippen molar-refractivity contribution in [1.82, 2.24) is 5.32 Å². The zero-order valence-electron chi connectivity index (χ0n) is 15.2. The molecule has 0 aliphatic rings. The van der Waals surface area contributed by atoms with Gasteiger partial charge in [0.25, 0.3) is 5.91 Å². The highest BCUT2D eigenvalue weighted by atomic mass is 32.2. The van der Waals surface area contributed by atoms with Crippen LogP contribution in [-0.4, -0.2) is 14.3 Å². The van der Waals surface area contributed by atoms with E-state index in [1.807, 2.05) is 37.3 Å². The first kappa shape index (κ1) is 19.6. The first-order valence-electron chi connectivity index (χ1n) is 8.59. The van der Waals surface area contributed by atoms with Crippen molar-refractivity contribution in [2.24, 2.45) is 5.14 Å². The van der Waals surface area contributed by atoms with Crippen molar-refractivity contribution >= 4 is 15.9 Å². The first-order valence-corrected chi connectivity index (χ1v) is 10.1. The Labute approximate surface area is 164 Å². The molecule has 1 unspecified atom stereocenters. The van der Waals surface area contributed by atoms with Crippen molar-refractivity contribution in [2.75, 3.05) is 0 Å². The van der Waals surface area contributed by atoms with Crippen LogP contribution in [0.25, 0.3) is 0 Å². The lowest BCUT2D eigenvalue weighted by atomic mass is 10.1. The van der Waals surface area contributed by atoms with E-state index >= 15 is 0 Å². The summed E-state index contributed by atoms with van der Waals surface area (Å²) in [5, 5.41) is 7.99. The number of para-hydroxylation sites is 1. The summed E-state index contributed by atoms with van der Waals surface area (Å²) in [4.78, 5) is 12.6. The molecular formula is C21H20N2O4S. The molecule has 7 heteroatoms. The maximum absolute atomic E-state index is 12.6. The Morgan fingerprint density at radius 1 is 0.929 bits per heavy atom. The average Bonchev–Trinajstić information content (AvgIpc) is 2.68. The molecule has 0 saturated heterocycles. The summed E-state index contributed by atoms with van der Waals surface area (Å²) in [5.74, 6) is 0.980. The molecule has 1 amide bonds. The van der Waals surface area contributed by atoms with Gasteiger partial charge < -0.3 is 10.1 Å². The third-order valence-corrected chi connectivity index (χ3v) is 5.06. The maximum Gasteiger partial charge on any atom is 0.251 e. The summed E-state index contributed by atoms with van der Waals surface area (Å²) in [6.07, 6.45) is 0. The van der Waals surface area contributed by atoms with E-state index in [1.165, 1.54) is 12.1 Å². The third kappa shape index (κ3) is 4.97. The van der Waals surface area contributed by atoms with Crippen LogP contribution in [0.4, 0.5) is 0 Å². The molecule has 0 heterocycles. The normalized spacial score (nSPS) is 12.2. The van der Waals surface area contributed by atoms with Crippen molar-refractivity contribution < 1.29 is 17.9 Å². The highest BCUT2D eigenvalue weighted by Crippen LogP contribution is 2.22. The molecule has 1 atom stereocenters. The first-order chi connectivity index (χ1) is 13.3. The molecule has 0 aliphatic heterocycles. The number of primary sulfonamides is 1. The van der Waals surface area contributed by atoms with E-state index in [-0.39, 0.29) is 16.8 Å². The van der Waals surface area contributed by atoms with Crippen LogP contribution >= 0.6 is 0 Å². The van der Waals surface area contributed by atoms with Gasteiger partial charge in [0.2, 0.25) is 10.0 Å². The van der Waals surface area contributed by atoms with Gasteiger partial charge in [-0.05, 0) is 55.0 Å². The molecular weight excluding hydrogens is 376 g/mol. The van der Waals surface area contributed by atoms with Crippen LogP contribution in [-0.2, 0) is 10.0 Å². The SMILES string of the molecule is CC(NC(=O)c1cccc(Oc2ccccc2)c1)c1ccc(S(N)(=O)=O)cc1. The Bertz CT molecular complexity index is 1070. The summed E-state index contributed by atoms with van der Waals surface area (Å²) in [7, 11) is -3.74. The zero-order valence-corrected chi connectivity index (χ0v) is 16.0. The van der Waals surface area contributed by atoms with Crippen molar-refractivity contribution in [3.8, 4) is 11.5 Å². The van der Waals surface area contributed by atoms with Crippen molar-refractivity contribution in [1.29, 1.82) is 0 Å². The molecule has 3 aromatic rings. The van der Waals surface area contributed by atoms with Crippen LogP contribution in [0.1, 0.15) is 28.9 Å². The summed E-state index contributed by atoms with van der Waals surface area (Å²) in [5.41, 5.74) is 1.22. The topological polar surface area (TPSA) is 98.5 Å². The van der Waals surface area contributed by atoms with Crippen LogP contribution in [0.15, 0.2) is 83.8 Å². The summed E-state index contributed by atoms with van der Waals surface area (Å²) in [6.45, 7) is 1.81. The minimum absolute atomic E-state index is 0.0283. The van der Waals surface area contributed by atoms with Gasteiger partial charge in [-0.15, -0.1) is 0 Å². The van der Waals surface area contributed by atoms with Gasteiger partial charge in [-0.1, -0.05) is 36.4 Å². The number of carbonyl (C=O) groups excluding carboxylic acids is 1. The van der Waals surface area contributed by atoms with Gasteiger partial charge in [-0.2, -0.15) is 0 Å². The lowest BCUT2D eigenvalue weighted by molar-refractivity contribution is 0.0939. The summed E-state index contributed by atoms with van der Waals surface area (Å²) < 4.78 is 28.4. The predicted octanol–water partition coefficient (Wildman–Crippen LogP) is 3.62. The predicted molar refractivity (Wildman–Crippen MR) is 107 cm³/mol. The number of benzene rings is 3. The van der Waals surface area contributed by atoms with Gasteiger partial charge in [0.05, 0.1) is 10.9 Å². The molecule has 144 valence electrons. The standard InChI is InChI=1S/C21H20N2O4S/c1-15(16-10-12-20(13-11-16)28(22,25)26)23-21(24)17-6-5-9-19(14-17)27-18-7-3-2-4-8-18/h2-15H,1H3,(H,23,24)(H2,22,25,26). The number of amides is 1. The van der Waals surface area contributed by atoms with Gasteiger partial charge in [0.1, 0.15) is 11.5 Å². The number of sulfonamides is 1. The number of hydrogen-bond donors (Lipinski definition) is 2. The Morgan fingerprint density at radius 3 is 2.21 bits per heavy atom. The lowest BCUT2D eigenvalue weighted by Gasteiger charge is -2.15. The largest absolute Gasteiger partial charge is 0.457 e. The quantitative estimate of drug-likeness (QED) is 0.665. The number of carbonyl (C=O) groups is 1. The molecule has 0 spiro atoms. The van der Waals surface area contributed by atoms with E-state index in [0.717, 1.165) is 5.56 Å². The van der Waals surface area contributed by atoms with Gasteiger partial charge in [-0.3, -0.25) is 4.79 Å². The van der Waals surface area contributed by atoms with Crippen LogP contribution < -0.4 is 15.2 Å². The van der Waals surface area contributed by atoms with E-state index in [0.29, 0.717) is 17.1 Å². The molecule has 3 aromatic carbocycles. The van der Waals surface area contributed by atoms with E-state index in [1.54, 1.807) is 36.4 Å². The maximum atomic E-state index is 12.6. The Morgan fingerprint density at radius 2 is 1.57 bits per heavy atom. The lowest BCUT2D eigenvalue weighted by Crippen LogP contribution is -2.26. The number of ether oxygens (including phenoxy) is 1. The minimum Gasteiger partial charge on any atom is -0.457 e. The zero-order chi connectivity index (χ0) is 20.1. The van der Waals surface area contributed by atoms with Crippen LogP contribution in [0, 0.1) is 0 Å². The molecule has 0 fully saturated rings. The summed E-state index contributed by atoms with van der Waals surface area (Å²) >= 11 is 0. The number of rotatable bonds is 6. The number of nitrogens with two attached hydrogens (primary N) is 1. The number of hydrogen-bond acceptors (Lipinski definition) is 4. The monoisotopic (exact) mass is 396 g/mol. The van der Waals surface area contributed by atoms with E-state index in [2.05, 4.69) is 5.32 Å². The molecule has 0 aromatic heterocycles. The average molecular weight is 396 g/mol. The minimum atomic E-state index is -3.74. The highest BCUT2D eigenvalue weighted by Gasteiger charge is 2.14. The molecule has 6 nitrogen and oxygen atoms in total. The van der Waals surface area contributed by atoms with Gasteiger partial charge in [0, 0.05) is 5.56 Å². The smallest absolute Gasteiger partial charge is 0.251 e. The van der Waals surface area contributed by atoms with Crippen LogP contribution in [0.3, 0.4) is 0 Å². The Hall–Kier alpha value is -3.16. The Balaban J connectivity index is 1.69. The van der Waals surface area contributed by atoms with Crippen LogP contribution in [0.5, 0.6) is 11.5 Å². The second-order valence-corrected chi connectivity index (χ2v) is 7.81. The van der Waals surface area contributed by atoms with Crippen LogP contribution in [0.2, 0.25) is 0 Å². The number of nitrogens with one attached hydrogen (secondary N) is 1. The molecule has 28 heavy (non-hydrogen) atoms.